The second-order valence-electron chi connectivity index (χ2n) is 5.64. The van der Waals surface area contributed by atoms with Crippen LogP contribution < -0.4 is 0 Å². The molecule has 25 heavy (non-hydrogen) atoms. The minimum Gasteiger partial charge on any atom is -0.481 e. The van der Waals surface area contributed by atoms with Crippen molar-refractivity contribution in [2.24, 2.45) is 0 Å². The third-order valence-electron chi connectivity index (χ3n) is 3.67. The molecule has 0 fully saturated rings. The van der Waals surface area contributed by atoms with E-state index in [2.05, 4.69) is 5.10 Å². The van der Waals surface area contributed by atoms with Gasteiger partial charge in [-0.1, -0.05) is 30.3 Å². The van der Waals surface area contributed by atoms with Gasteiger partial charge in [0.2, 0.25) is 0 Å². The number of carboxylic acids is 1. The fraction of sp³-hybridized carbons (Fsp3) is 0.111. The second-order valence-corrected chi connectivity index (χ2v) is 7.65. The molecule has 1 N–H and O–H groups in total. The molecule has 0 aliphatic heterocycles. The lowest BCUT2D eigenvalue weighted by Gasteiger charge is -2.08. The summed E-state index contributed by atoms with van der Waals surface area (Å²) in [5, 5.41) is 13.4. The van der Waals surface area contributed by atoms with E-state index in [1.54, 1.807) is 22.9 Å². The first-order valence-electron chi connectivity index (χ1n) is 7.51. The van der Waals surface area contributed by atoms with Crippen LogP contribution in [0.4, 0.5) is 0 Å². The first-order chi connectivity index (χ1) is 11.8. The topological polar surface area (TPSA) is 89.3 Å². The van der Waals surface area contributed by atoms with E-state index in [9.17, 15) is 13.2 Å². The zero-order valence-corrected chi connectivity index (χ0v) is 14.3. The van der Waals surface area contributed by atoms with Crippen molar-refractivity contribution in [1.82, 2.24) is 9.78 Å². The summed E-state index contributed by atoms with van der Waals surface area (Å²) in [6.07, 6.45) is 0.968. The first kappa shape index (κ1) is 16.9. The fourth-order valence-corrected chi connectivity index (χ4v) is 3.15. The Balaban J connectivity index is 2.11. The molecular weight excluding hydrogens is 340 g/mol. The number of carbonyl (C=O) groups is 1. The lowest BCUT2D eigenvalue weighted by Crippen LogP contribution is -2.03. The molecule has 0 spiro atoms. The predicted molar refractivity (Wildman–Crippen MR) is 93.4 cm³/mol. The van der Waals surface area contributed by atoms with Crippen LogP contribution in [0.25, 0.3) is 16.9 Å². The van der Waals surface area contributed by atoms with E-state index in [1.807, 2.05) is 30.3 Å². The van der Waals surface area contributed by atoms with E-state index < -0.39 is 15.8 Å². The van der Waals surface area contributed by atoms with Gasteiger partial charge >= 0.3 is 5.97 Å². The summed E-state index contributed by atoms with van der Waals surface area (Å²) < 4.78 is 24.9. The van der Waals surface area contributed by atoms with E-state index >= 15 is 0 Å². The van der Waals surface area contributed by atoms with E-state index in [-0.39, 0.29) is 11.3 Å². The molecule has 7 heteroatoms. The van der Waals surface area contributed by atoms with Crippen LogP contribution in [0.5, 0.6) is 0 Å². The molecule has 0 aliphatic carbocycles. The van der Waals surface area contributed by atoms with Gasteiger partial charge in [-0.15, -0.1) is 0 Å². The minimum absolute atomic E-state index is 0.186. The molecule has 0 atom stereocenters. The van der Waals surface area contributed by atoms with Crippen molar-refractivity contribution < 1.29 is 18.3 Å². The SMILES string of the molecule is CS(=O)(=O)c1ccc(-c2cc(CC(=O)O)nn2-c2ccccc2)cc1. The maximum absolute atomic E-state index is 11.6. The molecule has 1 heterocycles. The number of benzene rings is 2. The molecule has 2 aromatic carbocycles. The first-order valence-corrected chi connectivity index (χ1v) is 9.40. The van der Waals surface area contributed by atoms with Crippen LogP contribution in [-0.4, -0.2) is 35.5 Å². The van der Waals surface area contributed by atoms with Crippen molar-refractivity contribution in [3.8, 4) is 16.9 Å². The van der Waals surface area contributed by atoms with Gasteiger partial charge in [0, 0.05) is 11.8 Å². The van der Waals surface area contributed by atoms with Gasteiger partial charge in [0.1, 0.15) is 0 Å². The Hall–Kier alpha value is -2.93. The Bertz CT molecular complexity index is 1010. The number of nitrogens with zero attached hydrogens (tertiary/aromatic N) is 2. The summed E-state index contributed by atoms with van der Waals surface area (Å²) in [6, 6.07) is 17.5. The van der Waals surface area contributed by atoms with Crippen molar-refractivity contribution in [2.45, 2.75) is 11.3 Å². The van der Waals surface area contributed by atoms with E-state index in [0.29, 0.717) is 11.4 Å². The Morgan fingerprint density at radius 2 is 1.72 bits per heavy atom. The normalized spacial score (nSPS) is 11.4. The number of rotatable bonds is 5. The lowest BCUT2D eigenvalue weighted by molar-refractivity contribution is -0.136. The Kier molecular flexibility index (Phi) is 4.41. The Morgan fingerprint density at radius 3 is 2.28 bits per heavy atom. The highest BCUT2D eigenvalue weighted by Gasteiger charge is 2.15. The molecule has 0 bridgehead atoms. The second kappa shape index (κ2) is 6.52. The van der Waals surface area contributed by atoms with Gasteiger partial charge in [0.25, 0.3) is 0 Å². The number of aromatic nitrogens is 2. The monoisotopic (exact) mass is 356 g/mol. The highest BCUT2D eigenvalue weighted by Crippen LogP contribution is 2.25. The summed E-state index contributed by atoms with van der Waals surface area (Å²) >= 11 is 0. The molecule has 3 aromatic rings. The average molecular weight is 356 g/mol. The van der Waals surface area contributed by atoms with Gasteiger partial charge in [-0.25, -0.2) is 13.1 Å². The Morgan fingerprint density at radius 1 is 1.08 bits per heavy atom. The molecule has 6 nitrogen and oxygen atoms in total. The Labute approximate surface area is 145 Å². The van der Waals surface area contributed by atoms with Crippen LogP contribution in [0.15, 0.2) is 65.6 Å². The number of carboxylic acid groups (broad SMARTS) is 1. The molecule has 0 unspecified atom stereocenters. The number of para-hydroxylation sites is 1. The molecule has 128 valence electrons. The number of hydrogen-bond donors (Lipinski definition) is 1. The van der Waals surface area contributed by atoms with Gasteiger partial charge < -0.3 is 5.11 Å². The van der Waals surface area contributed by atoms with Gasteiger partial charge in [0.05, 0.1) is 28.4 Å². The van der Waals surface area contributed by atoms with Crippen LogP contribution >= 0.6 is 0 Å². The summed E-state index contributed by atoms with van der Waals surface area (Å²) in [6.45, 7) is 0. The smallest absolute Gasteiger partial charge is 0.309 e. The van der Waals surface area contributed by atoms with Crippen LogP contribution in [0.1, 0.15) is 5.69 Å². The number of hydrogen-bond acceptors (Lipinski definition) is 4. The largest absolute Gasteiger partial charge is 0.481 e. The molecule has 0 saturated heterocycles. The minimum atomic E-state index is -3.27. The molecule has 0 aliphatic rings. The third kappa shape index (κ3) is 3.77. The van der Waals surface area contributed by atoms with Crippen molar-refractivity contribution >= 4 is 15.8 Å². The van der Waals surface area contributed by atoms with Crippen molar-refractivity contribution in [3.63, 3.8) is 0 Å². The predicted octanol–water partition coefficient (Wildman–Crippen LogP) is 2.57. The van der Waals surface area contributed by atoms with E-state index in [4.69, 9.17) is 5.11 Å². The standard InChI is InChI=1S/C18H16N2O4S/c1-25(23,24)16-9-7-13(8-10-16)17-11-14(12-18(21)22)19-20(17)15-5-3-2-4-6-15/h2-11H,12H2,1H3,(H,21,22). The summed E-state index contributed by atoms with van der Waals surface area (Å²) in [7, 11) is -3.27. The fourth-order valence-electron chi connectivity index (χ4n) is 2.52. The summed E-state index contributed by atoms with van der Waals surface area (Å²) in [5.41, 5.74) is 2.67. The van der Waals surface area contributed by atoms with Gasteiger partial charge in [-0.05, 0) is 30.3 Å². The maximum Gasteiger partial charge on any atom is 0.309 e. The van der Waals surface area contributed by atoms with Gasteiger partial charge in [-0.3, -0.25) is 4.79 Å². The molecule has 1 aromatic heterocycles. The maximum atomic E-state index is 11.6. The molecule has 3 rings (SSSR count). The van der Waals surface area contributed by atoms with Crippen LogP contribution in [0.2, 0.25) is 0 Å². The van der Waals surface area contributed by atoms with Gasteiger partial charge in [-0.2, -0.15) is 5.10 Å². The van der Waals surface area contributed by atoms with Crippen LogP contribution in [-0.2, 0) is 21.1 Å². The molecule has 0 saturated carbocycles. The van der Waals surface area contributed by atoms with Gasteiger partial charge in [0.15, 0.2) is 9.84 Å². The van der Waals surface area contributed by atoms with Crippen molar-refractivity contribution in [3.05, 3.63) is 66.4 Å². The average Bonchev–Trinajstić information content (AvgIpc) is 2.98. The zero-order valence-electron chi connectivity index (χ0n) is 13.5. The third-order valence-corrected chi connectivity index (χ3v) is 4.80. The molecular formula is C18H16N2O4S. The van der Waals surface area contributed by atoms with E-state index in [1.165, 1.54) is 12.1 Å². The highest BCUT2D eigenvalue weighted by atomic mass is 32.2. The lowest BCUT2D eigenvalue weighted by atomic mass is 10.1. The highest BCUT2D eigenvalue weighted by molar-refractivity contribution is 7.90. The molecule has 0 amide bonds. The van der Waals surface area contributed by atoms with Crippen LogP contribution in [0, 0.1) is 0 Å². The molecule has 0 radical (unpaired) electrons. The number of aliphatic carboxylic acids is 1. The summed E-state index contributed by atoms with van der Waals surface area (Å²) in [4.78, 5) is 11.2. The summed E-state index contributed by atoms with van der Waals surface area (Å²) in [5.74, 6) is -0.961. The van der Waals surface area contributed by atoms with Crippen molar-refractivity contribution in [1.29, 1.82) is 0 Å². The van der Waals surface area contributed by atoms with Crippen LogP contribution in [0.3, 0.4) is 0 Å². The zero-order chi connectivity index (χ0) is 18.0. The number of sulfone groups is 1. The quantitative estimate of drug-likeness (QED) is 0.759. The van der Waals surface area contributed by atoms with Crippen molar-refractivity contribution in [2.75, 3.05) is 6.26 Å². The van der Waals surface area contributed by atoms with E-state index in [0.717, 1.165) is 17.5 Å².